The molecule has 0 aromatic carbocycles. The SMILES string of the molecule is CN(C)C=O.O. The van der Waals surface area contributed by atoms with E-state index in [-0.39, 0.29) is 5.48 Å². The highest BCUT2D eigenvalue weighted by Crippen LogP contribution is 1.52. The van der Waals surface area contributed by atoms with E-state index in [2.05, 4.69) is 0 Å². The van der Waals surface area contributed by atoms with Crippen molar-refractivity contribution in [3.8, 4) is 0 Å². The van der Waals surface area contributed by atoms with Crippen LogP contribution in [0.15, 0.2) is 0 Å². The van der Waals surface area contributed by atoms with Crippen molar-refractivity contribution in [3.63, 3.8) is 0 Å². The lowest BCUT2D eigenvalue weighted by Gasteiger charge is -1.93. The van der Waals surface area contributed by atoms with Gasteiger partial charge < -0.3 is 10.4 Å². The van der Waals surface area contributed by atoms with Gasteiger partial charge in [0, 0.05) is 14.1 Å². The van der Waals surface area contributed by atoms with Crippen molar-refractivity contribution in [2.24, 2.45) is 0 Å². The minimum Gasteiger partial charge on any atom is -0.412 e. The summed E-state index contributed by atoms with van der Waals surface area (Å²) in [5.74, 6) is 0. The van der Waals surface area contributed by atoms with E-state index in [1.807, 2.05) is 0 Å². The first-order valence-electron chi connectivity index (χ1n) is 1.39. The molecule has 0 aliphatic carbocycles. The highest BCUT2D eigenvalue weighted by molar-refractivity contribution is 5.45. The van der Waals surface area contributed by atoms with Gasteiger partial charge in [0.05, 0.1) is 0 Å². The third-order valence-electron chi connectivity index (χ3n) is 0.211. The summed E-state index contributed by atoms with van der Waals surface area (Å²) in [6, 6.07) is 0. The van der Waals surface area contributed by atoms with E-state index in [1.54, 1.807) is 14.1 Å². The van der Waals surface area contributed by atoms with Crippen LogP contribution in [0, 0.1) is 0 Å². The van der Waals surface area contributed by atoms with Crippen molar-refractivity contribution < 1.29 is 10.3 Å². The fourth-order valence-corrected chi connectivity index (χ4v) is 0. The molecule has 0 radical (unpaired) electrons. The molecular weight excluding hydrogens is 82.0 g/mol. The van der Waals surface area contributed by atoms with Crippen LogP contribution in [0.1, 0.15) is 0 Å². The predicted molar refractivity (Wildman–Crippen MR) is 23.4 cm³/mol. The van der Waals surface area contributed by atoms with Gasteiger partial charge >= 0.3 is 0 Å². The van der Waals surface area contributed by atoms with Crippen molar-refractivity contribution in [1.82, 2.24) is 4.90 Å². The van der Waals surface area contributed by atoms with Crippen LogP contribution in [0.2, 0.25) is 0 Å². The third-order valence-corrected chi connectivity index (χ3v) is 0.211. The van der Waals surface area contributed by atoms with E-state index >= 15 is 0 Å². The topological polar surface area (TPSA) is 51.8 Å². The van der Waals surface area contributed by atoms with Gasteiger partial charge in [0.15, 0.2) is 0 Å². The second-order valence-electron chi connectivity index (χ2n) is 1.07. The monoisotopic (exact) mass is 91.1 g/mol. The fourth-order valence-electron chi connectivity index (χ4n) is 0. The number of hydrogen-bond acceptors (Lipinski definition) is 1. The van der Waals surface area contributed by atoms with Gasteiger partial charge in [0.1, 0.15) is 0 Å². The van der Waals surface area contributed by atoms with Crippen LogP contribution in [0.5, 0.6) is 0 Å². The first-order chi connectivity index (χ1) is 2.27. The van der Waals surface area contributed by atoms with Crippen molar-refractivity contribution >= 4 is 6.41 Å². The molecule has 0 unspecified atom stereocenters. The minimum atomic E-state index is 0. The van der Waals surface area contributed by atoms with Gasteiger partial charge in [-0.15, -0.1) is 0 Å². The molecule has 0 heterocycles. The summed E-state index contributed by atoms with van der Waals surface area (Å²) >= 11 is 0. The molecule has 6 heavy (non-hydrogen) atoms. The Hall–Kier alpha value is -0.570. The zero-order valence-electron chi connectivity index (χ0n) is 3.93. The zero-order valence-corrected chi connectivity index (χ0v) is 3.93. The summed E-state index contributed by atoms with van der Waals surface area (Å²) in [6.45, 7) is 0. The molecule has 1 amide bonds. The Labute approximate surface area is 36.9 Å². The summed E-state index contributed by atoms with van der Waals surface area (Å²) in [6.07, 6.45) is 0.750. The standard InChI is InChI=1S/C3H7NO.H2O/c1-4(2)3-5;/h3H,1-2H3;1H2. The van der Waals surface area contributed by atoms with Crippen LogP contribution in [-0.4, -0.2) is 30.9 Å². The van der Waals surface area contributed by atoms with Crippen molar-refractivity contribution in [2.75, 3.05) is 14.1 Å². The maximum absolute atomic E-state index is 9.43. The van der Waals surface area contributed by atoms with Crippen molar-refractivity contribution in [1.29, 1.82) is 0 Å². The van der Waals surface area contributed by atoms with E-state index < -0.39 is 0 Å². The highest BCUT2D eigenvalue weighted by atomic mass is 16.1. The number of hydrogen-bond donors (Lipinski definition) is 0. The average molecular weight is 91.1 g/mol. The molecule has 0 atom stereocenters. The molecule has 0 spiro atoms. The molecule has 0 rings (SSSR count). The quantitative estimate of drug-likeness (QED) is 0.377. The minimum absolute atomic E-state index is 0. The highest BCUT2D eigenvalue weighted by Gasteiger charge is 1.68. The van der Waals surface area contributed by atoms with Crippen LogP contribution in [-0.2, 0) is 4.79 Å². The zero-order chi connectivity index (χ0) is 4.28. The predicted octanol–water partition coefficient (Wildman–Crippen LogP) is -1.12. The van der Waals surface area contributed by atoms with E-state index in [9.17, 15) is 4.79 Å². The van der Waals surface area contributed by atoms with Crippen molar-refractivity contribution in [2.45, 2.75) is 0 Å². The molecular formula is C3H9NO2. The maximum atomic E-state index is 9.43. The lowest BCUT2D eigenvalue weighted by atomic mass is 11.0. The lowest BCUT2D eigenvalue weighted by Crippen LogP contribution is -2.06. The Morgan fingerprint density at radius 1 is 1.50 bits per heavy atom. The molecule has 0 aromatic rings. The fraction of sp³-hybridized carbons (Fsp3) is 0.667. The number of rotatable bonds is 1. The number of nitrogens with zero attached hydrogens (tertiary/aromatic N) is 1. The van der Waals surface area contributed by atoms with Gasteiger partial charge in [-0.2, -0.15) is 0 Å². The molecule has 0 fully saturated rings. The molecule has 38 valence electrons. The van der Waals surface area contributed by atoms with Crippen LogP contribution in [0.3, 0.4) is 0 Å². The molecule has 0 saturated heterocycles. The van der Waals surface area contributed by atoms with E-state index in [1.165, 1.54) is 4.90 Å². The van der Waals surface area contributed by atoms with Crippen LogP contribution >= 0.6 is 0 Å². The van der Waals surface area contributed by atoms with Gasteiger partial charge in [-0.1, -0.05) is 0 Å². The van der Waals surface area contributed by atoms with Gasteiger partial charge in [-0.25, -0.2) is 0 Å². The van der Waals surface area contributed by atoms with Gasteiger partial charge in [0.2, 0.25) is 6.41 Å². The Balaban J connectivity index is 0. The smallest absolute Gasteiger partial charge is 0.209 e. The third kappa shape index (κ3) is 9.90. The summed E-state index contributed by atoms with van der Waals surface area (Å²) in [7, 11) is 3.38. The summed E-state index contributed by atoms with van der Waals surface area (Å²) in [4.78, 5) is 10.9. The second kappa shape index (κ2) is 4.43. The number of carbonyl (C=O) groups is 1. The molecule has 0 aromatic heterocycles. The van der Waals surface area contributed by atoms with Crippen LogP contribution < -0.4 is 0 Å². The molecule has 0 aliphatic rings. The number of amides is 1. The number of carbonyl (C=O) groups excluding carboxylic acids is 1. The van der Waals surface area contributed by atoms with Crippen LogP contribution in [0.25, 0.3) is 0 Å². The average Bonchev–Trinajstić information content (AvgIpc) is 1.38. The van der Waals surface area contributed by atoms with Gasteiger partial charge in [-0.05, 0) is 0 Å². The van der Waals surface area contributed by atoms with Gasteiger partial charge in [0.25, 0.3) is 0 Å². The Kier molecular flexibility index (Phi) is 6.69. The molecule has 0 saturated carbocycles. The first-order valence-corrected chi connectivity index (χ1v) is 1.39. The van der Waals surface area contributed by atoms with E-state index in [0.717, 1.165) is 6.41 Å². The largest absolute Gasteiger partial charge is 0.412 e. The normalized spacial score (nSPS) is 5.67. The summed E-state index contributed by atoms with van der Waals surface area (Å²) in [5, 5.41) is 0. The molecule has 3 heteroatoms. The Bertz CT molecular complexity index is 35.8. The van der Waals surface area contributed by atoms with Gasteiger partial charge in [-0.3, -0.25) is 4.79 Å². The van der Waals surface area contributed by atoms with Crippen molar-refractivity contribution in [3.05, 3.63) is 0 Å². The van der Waals surface area contributed by atoms with E-state index in [4.69, 9.17) is 0 Å². The molecule has 2 N–H and O–H groups in total. The molecule has 3 nitrogen and oxygen atoms in total. The Morgan fingerprint density at radius 3 is 1.67 bits per heavy atom. The van der Waals surface area contributed by atoms with Crippen LogP contribution in [0.4, 0.5) is 0 Å². The second-order valence-corrected chi connectivity index (χ2v) is 1.07. The van der Waals surface area contributed by atoms with E-state index in [0.29, 0.717) is 0 Å². The molecule has 0 bridgehead atoms. The Morgan fingerprint density at radius 2 is 1.67 bits per heavy atom. The maximum Gasteiger partial charge on any atom is 0.209 e. The summed E-state index contributed by atoms with van der Waals surface area (Å²) in [5.41, 5.74) is 0. The first kappa shape index (κ1) is 9.06. The molecule has 0 aliphatic heterocycles. The lowest BCUT2D eigenvalue weighted by molar-refractivity contribution is -0.115. The summed E-state index contributed by atoms with van der Waals surface area (Å²) < 4.78 is 0.